The summed E-state index contributed by atoms with van der Waals surface area (Å²) >= 11 is 3.32. The van der Waals surface area contributed by atoms with Gasteiger partial charge in [0.25, 0.3) is 0 Å². The maximum Gasteiger partial charge on any atom is 0.240 e. The van der Waals surface area contributed by atoms with E-state index in [-0.39, 0.29) is 0 Å². The van der Waals surface area contributed by atoms with Crippen LogP contribution < -0.4 is 4.72 Å². The van der Waals surface area contributed by atoms with Crippen molar-refractivity contribution in [3.8, 4) is 0 Å². The minimum atomic E-state index is -3.37. The van der Waals surface area contributed by atoms with Crippen molar-refractivity contribution < 1.29 is 8.42 Å². The second-order valence-corrected chi connectivity index (χ2v) is 6.31. The Morgan fingerprint density at radius 2 is 1.82 bits per heavy atom. The van der Waals surface area contributed by atoms with Gasteiger partial charge in [0, 0.05) is 18.4 Å². The lowest BCUT2D eigenvalue weighted by atomic mass is 10.2. The molecule has 1 rings (SSSR count). The molecule has 0 heterocycles. The molecule has 0 spiro atoms. The molecule has 4 nitrogen and oxygen atoms in total. The van der Waals surface area contributed by atoms with Crippen molar-refractivity contribution in [3.05, 3.63) is 29.8 Å². The van der Waals surface area contributed by atoms with Gasteiger partial charge in [-0.1, -0.05) is 28.1 Å². The van der Waals surface area contributed by atoms with Gasteiger partial charge in [-0.25, -0.2) is 13.1 Å². The Morgan fingerprint density at radius 3 is 2.29 bits per heavy atom. The number of nitrogens with one attached hydrogen (secondary N) is 1. The average Bonchev–Trinajstić information content (AvgIpc) is 2.28. The predicted molar refractivity (Wildman–Crippen MR) is 72.8 cm³/mol. The lowest BCUT2D eigenvalue weighted by molar-refractivity contribution is 0.412. The van der Waals surface area contributed by atoms with Crippen LogP contribution in [0.15, 0.2) is 29.2 Å². The molecule has 1 aromatic rings. The van der Waals surface area contributed by atoms with Crippen molar-refractivity contribution in [2.75, 3.05) is 27.2 Å². The van der Waals surface area contributed by atoms with Gasteiger partial charge in [0.15, 0.2) is 0 Å². The minimum Gasteiger partial charge on any atom is -0.308 e. The van der Waals surface area contributed by atoms with Gasteiger partial charge in [-0.2, -0.15) is 0 Å². The first-order valence-electron chi connectivity index (χ1n) is 5.25. The van der Waals surface area contributed by atoms with Gasteiger partial charge < -0.3 is 4.90 Å². The van der Waals surface area contributed by atoms with Crippen LogP contribution in [0.25, 0.3) is 0 Å². The number of halogens is 1. The molecule has 1 aromatic carbocycles. The van der Waals surface area contributed by atoms with Crippen molar-refractivity contribution in [1.82, 2.24) is 9.62 Å². The molecule has 0 bridgehead atoms. The summed E-state index contributed by atoms with van der Waals surface area (Å²) in [5.41, 5.74) is 1.05. The summed E-state index contributed by atoms with van der Waals surface area (Å²) in [6.45, 7) is 1.09. The summed E-state index contributed by atoms with van der Waals surface area (Å²) in [7, 11) is 0.431. The Kier molecular flexibility index (Phi) is 5.58. The molecular formula is C11H17BrN2O2S. The van der Waals surface area contributed by atoms with Crippen LogP contribution in [0.4, 0.5) is 0 Å². The third-order valence-electron chi connectivity index (χ3n) is 2.24. The third-order valence-corrected chi connectivity index (χ3v) is 4.36. The lowest BCUT2D eigenvalue weighted by Gasteiger charge is -2.11. The SMILES string of the molecule is CN(C)CCNS(=O)(=O)c1ccc(CBr)cc1. The molecule has 6 heteroatoms. The smallest absolute Gasteiger partial charge is 0.240 e. The summed E-state index contributed by atoms with van der Waals surface area (Å²) in [5.74, 6) is 0. The van der Waals surface area contributed by atoms with Crippen molar-refractivity contribution in [1.29, 1.82) is 0 Å². The molecule has 0 fully saturated rings. The molecule has 0 saturated heterocycles. The van der Waals surface area contributed by atoms with Crippen LogP contribution in [0.2, 0.25) is 0 Å². The zero-order chi connectivity index (χ0) is 12.9. The van der Waals surface area contributed by atoms with Crippen LogP contribution >= 0.6 is 15.9 Å². The molecule has 96 valence electrons. The van der Waals surface area contributed by atoms with Crippen LogP contribution in [-0.2, 0) is 15.4 Å². The van der Waals surface area contributed by atoms with Crippen molar-refractivity contribution in [2.24, 2.45) is 0 Å². The Bertz CT molecular complexity index is 443. The highest BCUT2D eigenvalue weighted by Gasteiger charge is 2.12. The van der Waals surface area contributed by atoms with E-state index in [1.807, 2.05) is 19.0 Å². The number of rotatable bonds is 6. The Morgan fingerprint density at radius 1 is 1.24 bits per heavy atom. The van der Waals surface area contributed by atoms with E-state index < -0.39 is 10.0 Å². The second kappa shape index (κ2) is 6.49. The maximum atomic E-state index is 11.9. The maximum absolute atomic E-state index is 11.9. The molecule has 17 heavy (non-hydrogen) atoms. The minimum absolute atomic E-state index is 0.306. The van der Waals surface area contributed by atoms with E-state index in [4.69, 9.17) is 0 Å². The van der Waals surface area contributed by atoms with E-state index >= 15 is 0 Å². The third kappa shape index (κ3) is 4.75. The number of benzene rings is 1. The van der Waals surface area contributed by atoms with E-state index in [1.54, 1.807) is 24.3 Å². The van der Waals surface area contributed by atoms with Crippen LogP contribution in [-0.4, -0.2) is 40.5 Å². The van der Waals surface area contributed by atoms with E-state index in [9.17, 15) is 8.42 Å². The fraction of sp³-hybridized carbons (Fsp3) is 0.455. The first-order chi connectivity index (χ1) is 7.95. The molecule has 0 unspecified atom stereocenters. The van der Waals surface area contributed by atoms with Gasteiger partial charge in [-0.05, 0) is 31.8 Å². The summed E-state index contributed by atoms with van der Waals surface area (Å²) in [4.78, 5) is 2.23. The van der Waals surface area contributed by atoms with Gasteiger partial charge in [-0.3, -0.25) is 0 Å². The number of hydrogen-bond donors (Lipinski definition) is 1. The number of likely N-dealkylation sites (N-methyl/N-ethyl adjacent to an activating group) is 1. The molecule has 0 saturated carbocycles. The Balaban J connectivity index is 2.68. The van der Waals surface area contributed by atoms with Crippen molar-refractivity contribution in [2.45, 2.75) is 10.2 Å². The first-order valence-corrected chi connectivity index (χ1v) is 7.85. The highest BCUT2D eigenvalue weighted by molar-refractivity contribution is 9.08. The fourth-order valence-corrected chi connectivity index (χ4v) is 2.64. The molecule has 0 aromatic heterocycles. The van der Waals surface area contributed by atoms with Crippen LogP contribution in [0.1, 0.15) is 5.56 Å². The summed E-state index contributed by atoms with van der Waals surface area (Å²) in [6.07, 6.45) is 0. The molecule has 0 radical (unpaired) electrons. The summed E-state index contributed by atoms with van der Waals surface area (Å²) < 4.78 is 26.3. The van der Waals surface area contributed by atoms with Gasteiger partial charge >= 0.3 is 0 Å². The predicted octanol–water partition coefficient (Wildman–Crippen LogP) is 1.42. The molecule has 0 aliphatic heterocycles. The first kappa shape index (κ1) is 14.6. The summed E-state index contributed by atoms with van der Waals surface area (Å²) in [5, 5.41) is 0.724. The quantitative estimate of drug-likeness (QED) is 0.806. The van der Waals surface area contributed by atoms with Gasteiger partial charge in [0.1, 0.15) is 0 Å². The molecule has 0 amide bonds. The van der Waals surface area contributed by atoms with Crippen molar-refractivity contribution >= 4 is 26.0 Å². The Labute approximate surface area is 111 Å². The number of alkyl halides is 1. The van der Waals surface area contributed by atoms with Gasteiger partial charge in [0.2, 0.25) is 10.0 Å². The highest BCUT2D eigenvalue weighted by Crippen LogP contribution is 2.12. The molecule has 1 N–H and O–H groups in total. The molecule has 0 aliphatic carbocycles. The highest BCUT2D eigenvalue weighted by atomic mass is 79.9. The second-order valence-electron chi connectivity index (χ2n) is 3.98. The van der Waals surface area contributed by atoms with E-state index in [0.29, 0.717) is 18.0 Å². The number of hydrogen-bond acceptors (Lipinski definition) is 3. The van der Waals surface area contributed by atoms with E-state index in [0.717, 1.165) is 10.9 Å². The Hall–Kier alpha value is -0.430. The monoisotopic (exact) mass is 320 g/mol. The summed E-state index contributed by atoms with van der Waals surface area (Å²) in [6, 6.07) is 6.84. The molecule has 0 aliphatic rings. The largest absolute Gasteiger partial charge is 0.308 e. The number of sulfonamides is 1. The van der Waals surface area contributed by atoms with E-state index in [1.165, 1.54) is 0 Å². The number of nitrogens with zero attached hydrogens (tertiary/aromatic N) is 1. The molecule has 0 atom stereocenters. The standard InChI is InChI=1S/C11H17BrN2O2S/c1-14(2)8-7-13-17(15,16)11-5-3-10(9-12)4-6-11/h3-6,13H,7-9H2,1-2H3. The normalized spacial score (nSPS) is 12.0. The fourth-order valence-electron chi connectivity index (χ4n) is 1.24. The zero-order valence-corrected chi connectivity index (χ0v) is 12.4. The van der Waals surface area contributed by atoms with Crippen LogP contribution in [0, 0.1) is 0 Å². The van der Waals surface area contributed by atoms with E-state index in [2.05, 4.69) is 20.7 Å². The van der Waals surface area contributed by atoms with Gasteiger partial charge in [0.05, 0.1) is 4.90 Å². The lowest BCUT2D eigenvalue weighted by Crippen LogP contribution is -2.31. The molecular weight excluding hydrogens is 304 g/mol. The van der Waals surface area contributed by atoms with Crippen LogP contribution in [0.5, 0.6) is 0 Å². The zero-order valence-electron chi connectivity index (χ0n) is 9.98. The average molecular weight is 321 g/mol. The van der Waals surface area contributed by atoms with Crippen LogP contribution in [0.3, 0.4) is 0 Å². The van der Waals surface area contributed by atoms with Gasteiger partial charge in [-0.15, -0.1) is 0 Å². The topological polar surface area (TPSA) is 49.4 Å². The van der Waals surface area contributed by atoms with Crippen molar-refractivity contribution in [3.63, 3.8) is 0 Å².